The molecule has 1 atom stereocenters. The molecular weight excluding hydrogens is 266 g/mol. The Bertz CT molecular complexity index is 509. The molecule has 0 spiro atoms. The molecule has 1 aromatic carbocycles. The van der Waals surface area contributed by atoms with Crippen LogP contribution in [0.5, 0.6) is 0 Å². The maximum absolute atomic E-state index is 5.89. The highest BCUT2D eigenvalue weighted by Crippen LogP contribution is 2.23. The summed E-state index contributed by atoms with van der Waals surface area (Å²) in [5.41, 5.74) is 7.89. The van der Waals surface area contributed by atoms with Gasteiger partial charge in [0.2, 0.25) is 0 Å². The Balaban J connectivity index is 2.04. The summed E-state index contributed by atoms with van der Waals surface area (Å²) in [6.07, 6.45) is 0. The molecule has 1 heterocycles. The van der Waals surface area contributed by atoms with E-state index >= 15 is 0 Å². The van der Waals surface area contributed by atoms with Crippen molar-refractivity contribution < 1.29 is 0 Å². The van der Waals surface area contributed by atoms with Gasteiger partial charge in [-0.25, -0.2) is 4.98 Å². The lowest BCUT2D eigenvalue weighted by Crippen LogP contribution is -2.22. The topological polar surface area (TPSA) is 42.1 Å². The van der Waals surface area contributed by atoms with Crippen molar-refractivity contribution in [1.82, 2.24) is 9.88 Å². The normalized spacial score (nSPS) is 12.9. The fourth-order valence-corrected chi connectivity index (χ4v) is 2.46. The summed E-state index contributed by atoms with van der Waals surface area (Å²) in [7, 11) is 2.08. The van der Waals surface area contributed by atoms with E-state index in [1.54, 1.807) is 0 Å². The van der Waals surface area contributed by atoms with Crippen LogP contribution in [0.15, 0.2) is 29.6 Å². The molecule has 2 rings (SSSR count). The molecule has 3 nitrogen and oxygen atoms in total. The maximum Gasteiger partial charge on any atom is 0.180 e. The van der Waals surface area contributed by atoms with E-state index in [1.807, 2.05) is 17.5 Å². The van der Waals surface area contributed by atoms with E-state index in [0.717, 1.165) is 17.3 Å². The van der Waals surface area contributed by atoms with E-state index < -0.39 is 0 Å². The minimum Gasteiger partial charge on any atom is -0.375 e. The van der Waals surface area contributed by atoms with E-state index in [1.165, 1.54) is 16.9 Å². The monoisotopic (exact) mass is 281 g/mol. The van der Waals surface area contributed by atoms with Crippen LogP contribution in [-0.2, 0) is 6.54 Å². The quantitative estimate of drug-likeness (QED) is 0.931. The van der Waals surface area contributed by atoms with Crippen molar-refractivity contribution in [3.63, 3.8) is 0 Å². The van der Waals surface area contributed by atoms with Gasteiger partial charge in [-0.05, 0) is 31.7 Å². The number of nitrogen functional groups attached to an aromatic ring is 1. The zero-order valence-corrected chi connectivity index (χ0v) is 12.0. The summed E-state index contributed by atoms with van der Waals surface area (Å²) < 4.78 is 0. The highest BCUT2D eigenvalue weighted by Gasteiger charge is 2.13. The Hall–Kier alpha value is -1.10. The first-order valence-electron chi connectivity index (χ1n) is 5.72. The average molecular weight is 282 g/mol. The smallest absolute Gasteiger partial charge is 0.180 e. The van der Waals surface area contributed by atoms with Crippen molar-refractivity contribution in [2.45, 2.75) is 19.5 Å². The Labute approximate surface area is 116 Å². The van der Waals surface area contributed by atoms with Gasteiger partial charge in [0.1, 0.15) is 0 Å². The molecule has 0 aliphatic heterocycles. The Morgan fingerprint density at radius 2 is 2.06 bits per heavy atom. The van der Waals surface area contributed by atoms with Gasteiger partial charge in [-0.1, -0.05) is 23.7 Å². The fraction of sp³-hybridized carbons (Fsp3) is 0.308. The van der Waals surface area contributed by atoms with Crippen LogP contribution in [0.2, 0.25) is 5.02 Å². The van der Waals surface area contributed by atoms with Crippen molar-refractivity contribution in [3.8, 4) is 0 Å². The summed E-state index contributed by atoms with van der Waals surface area (Å²) in [6.45, 7) is 2.95. The number of nitrogens with two attached hydrogens (primary N) is 1. The number of hydrogen-bond donors (Lipinski definition) is 1. The molecule has 2 N–H and O–H groups in total. The number of anilines is 1. The lowest BCUT2D eigenvalue weighted by Gasteiger charge is -2.24. The average Bonchev–Trinajstić information content (AvgIpc) is 2.75. The van der Waals surface area contributed by atoms with Crippen LogP contribution in [0.25, 0.3) is 0 Å². The molecule has 0 saturated heterocycles. The van der Waals surface area contributed by atoms with Crippen molar-refractivity contribution in [3.05, 3.63) is 45.9 Å². The lowest BCUT2D eigenvalue weighted by molar-refractivity contribution is 0.250. The Kier molecular flexibility index (Phi) is 4.22. The molecule has 1 aromatic heterocycles. The number of hydrogen-bond acceptors (Lipinski definition) is 4. The van der Waals surface area contributed by atoms with Crippen LogP contribution in [-0.4, -0.2) is 16.9 Å². The zero-order chi connectivity index (χ0) is 13.1. The molecule has 0 saturated carbocycles. The largest absolute Gasteiger partial charge is 0.375 e. The summed E-state index contributed by atoms with van der Waals surface area (Å²) in [4.78, 5) is 6.51. The molecule has 0 fully saturated rings. The molecule has 0 amide bonds. The molecule has 0 aliphatic carbocycles. The SMILES string of the molecule is CC(c1ccc(Cl)cc1)N(C)Cc1csc(N)n1. The molecule has 0 radical (unpaired) electrons. The molecule has 5 heteroatoms. The first-order chi connectivity index (χ1) is 8.56. The summed E-state index contributed by atoms with van der Waals surface area (Å²) in [6, 6.07) is 8.26. The molecule has 0 aliphatic rings. The number of benzene rings is 1. The molecule has 0 bridgehead atoms. The van der Waals surface area contributed by atoms with Crippen LogP contribution in [0.1, 0.15) is 24.2 Å². The number of nitrogens with zero attached hydrogens (tertiary/aromatic N) is 2. The van der Waals surface area contributed by atoms with Gasteiger partial charge < -0.3 is 5.73 Å². The number of rotatable bonds is 4. The predicted octanol–water partition coefficient (Wildman–Crippen LogP) is 3.57. The van der Waals surface area contributed by atoms with Crippen molar-refractivity contribution in [2.24, 2.45) is 0 Å². The van der Waals surface area contributed by atoms with Gasteiger partial charge in [-0.3, -0.25) is 4.90 Å². The van der Waals surface area contributed by atoms with E-state index in [2.05, 4.69) is 36.0 Å². The number of halogens is 1. The third-order valence-electron chi connectivity index (χ3n) is 2.99. The highest BCUT2D eigenvalue weighted by molar-refractivity contribution is 7.13. The van der Waals surface area contributed by atoms with Gasteiger partial charge in [0.15, 0.2) is 5.13 Å². The third-order valence-corrected chi connectivity index (χ3v) is 3.97. The zero-order valence-electron chi connectivity index (χ0n) is 10.4. The molecule has 2 aromatic rings. The van der Waals surface area contributed by atoms with Crippen LogP contribution < -0.4 is 5.73 Å². The molecular formula is C13H16ClN3S. The lowest BCUT2D eigenvalue weighted by atomic mass is 10.1. The summed E-state index contributed by atoms with van der Waals surface area (Å²) in [5, 5.41) is 3.39. The predicted molar refractivity (Wildman–Crippen MR) is 77.9 cm³/mol. The third kappa shape index (κ3) is 3.22. The second kappa shape index (κ2) is 5.69. The minimum atomic E-state index is 0.310. The second-order valence-electron chi connectivity index (χ2n) is 4.32. The standard InChI is InChI=1S/C13H16ClN3S/c1-9(10-3-5-11(14)6-4-10)17(2)7-12-8-18-13(15)16-12/h3-6,8-9H,7H2,1-2H3,(H2,15,16). The van der Waals surface area contributed by atoms with Gasteiger partial charge in [0, 0.05) is 23.0 Å². The van der Waals surface area contributed by atoms with E-state index in [-0.39, 0.29) is 0 Å². The van der Waals surface area contributed by atoms with E-state index in [0.29, 0.717) is 11.2 Å². The van der Waals surface area contributed by atoms with Gasteiger partial charge in [-0.2, -0.15) is 0 Å². The summed E-state index contributed by atoms with van der Waals surface area (Å²) >= 11 is 7.37. The van der Waals surface area contributed by atoms with Gasteiger partial charge in [-0.15, -0.1) is 11.3 Å². The first kappa shape index (κ1) is 13.3. The Morgan fingerprint density at radius 3 is 2.61 bits per heavy atom. The van der Waals surface area contributed by atoms with E-state index in [9.17, 15) is 0 Å². The summed E-state index contributed by atoms with van der Waals surface area (Å²) in [5.74, 6) is 0. The first-order valence-corrected chi connectivity index (χ1v) is 6.97. The van der Waals surface area contributed by atoms with Gasteiger partial charge in [0.25, 0.3) is 0 Å². The number of aromatic nitrogens is 1. The van der Waals surface area contributed by atoms with Crippen molar-refractivity contribution >= 4 is 28.1 Å². The van der Waals surface area contributed by atoms with Crippen LogP contribution in [0.3, 0.4) is 0 Å². The van der Waals surface area contributed by atoms with E-state index in [4.69, 9.17) is 17.3 Å². The van der Waals surface area contributed by atoms with Crippen molar-refractivity contribution in [1.29, 1.82) is 0 Å². The van der Waals surface area contributed by atoms with Gasteiger partial charge in [0.05, 0.1) is 5.69 Å². The van der Waals surface area contributed by atoms with Crippen LogP contribution in [0.4, 0.5) is 5.13 Å². The number of thiazole rings is 1. The fourth-order valence-electron chi connectivity index (χ4n) is 1.78. The second-order valence-corrected chi connectivity index (χ2v) is 5.65. The molecule has 96 valence electrons. The maximum atomic E-state index is 5.89. The van der Waals surface area contributed by atoms with Crippen LogP contribution in [0, 0.1) is 0 Å². The highest BCUT2D eigenvalue weighted by atomic mass is 35.5. The minimum absolute atomic E-state index is 0.310. The molecule has 1 unspecified atom stereocenters. The van der Waals surface area contributed by atoms with Crippen molar-refractivity contribution in [2.75, 3.05) is 12.8 Å². The molecule has 18 heavy (non-hydrogen) atoms. The van der Waals surface area contributed by atoms with Gasteiger partial charge >= 0.3 is 0 Å². The Morgan fingerprint density at radius 1 is 1.39 bits per heavy atom. The van der Waals surface area contributed by atoms with Crippen LogP contribution >= 0.6 is 22.9 Å².